The Bertz CT molecular complexity index is 1430. The van der Waals surface area contributed by atoms with Gasteiger partial charge >= 0.3 is 0 Å². The van der Waals surface area contributed by atoms with Crippen molar-refractivity contribution in [3.63, 3.8) is 0 Å². The van der Waals surface area contributed by atoms with Crippen LogP contribution in [0.25, 0.3) is 33.6 Å². The van der Waals surface area contributed by atoms with E-state index in [1.54, 1.807) is 0 Å². The summed E-state index contributed by atoms with van der Waals surface area (Å²) in [4.78, 5) is 5.24. The Labute approximate surface area is 184 Å². The fraction of sp³-hybridized carbons (Fsp3) is 0.241. The Hall–Kier alpha value is -3.26. The van der Waals surface area contributed by atoms with Crippen LogP contribution in [0.15, 0.2) is 48.7 Å². The zero-order valence-corrected chi connectivity index (χ0v) is 18.9. The van der Waals surface area contributed by atoms with E-state index in [9.17, 15) is 0 Å². The number of hydrogen-bond acceptors (Lipinski definition) is 1. The molecule has 0 radical (unpaired) electrons. The van der Waals surface area contributed by atoms with Crippen LogP contribution in [0.4, 0.5) is 0 Å². The second-order valence-electron chi connectivity index (χ2n) is 9.37. The highest BCUT2D eigenvalue weighted by Gasteiger charge is 2.32. The lowest BCUT2D eigenvalue weighted by Crippen LogP contribution is -2.32. The molecule has 2 heterocycles. The number of aromatic nitrogens is 2. The highest BCUT2D eigenvalue weighted by molar-refractivity contribution is 5.85. The van der Waals surface area contributed by atoms with E-state index in [1.165, 1.54) is 78.3 Å². The minimum absolute atomic E-state index is 0.898. The lowest BCUT2D eigenvalue weighted by atomic mass is 9.93. The molecule has 152 valence electrons. The molecule has 31 heavy (non-hydrogen) atoms. The zero-order valence-electron chi connectivity index (χ0n) is 18.9. The summed E-state index contributed by atoms with van der Waals surface area (Å²) in [6.07, 6.45) is 4.11. The van der Waals surface area contributed by atoms with Crippen LogP contribution in [0.2, 0.25) is 0 Å². The van der Waals surface area contributed by atoms with Gasteiger partial charge in [-0.25, -0.2) is 4.57 Å². The summed E-state index contributed by atoms with van der Waals surface area (Å²) in [5.41, 5.74) is 18.7. The number of benzene rings is 2. The van der Waals surface area contributed by atoms with Gasteiger partial charge < -0.3 is 0 Å². The van der Waals surface area contributed by atoms with Gasteiger partial charge in [-0.3, -0.25) is 4.98 Å². The van der Waals surface area contributed by atoms with E-state index < -0.39 is 0 Å². The van der Waals surface area contributed by atoms with Crippen molar-refractivity contribution in [1.29, 1.82) is 0 Å². The molecule has 4 aromatic rings. The molecule has 2 aliphatic rings. The van der Waals surface area contributed by atoms with Crippen LogP contribution in [-0.2, 0) is 19.9 Å². The van der Waals surface area contributed by atoms with Gasteiger partial charge in [-0.15, -0.1) is 0 Å². The molecule has 0 atom stereocenters. The second kappa shape index (κ2) is 6.37. The Balaban J connectivity index is 1.55. The smallest absolute Gasteiger partial charge is 0.216 e. The van der Waals surface area contributed by atoms with Gasteiger partial charge in [0.25, 0.3) is 0 Å². The van der Waals surface area contributed by atoms with Crippen molar-refractivity contribution in [2.75, 3.05) is 0 Å². The van der Waals surface area contributed by atoms with Crippen LogP contribution in [0.1, 0.15) is 44.6 Å². The van der Waals surface area contributed by atoms with Gasteiger partial charge in [0.05, 0.1) is 11.4 Å². The number of nitrogens with zero attached hydrogens (tertiary/aromatic N) is 2. The predicted octanol–water partition coefficient (Wildman–Crippen LogP) is 5.95. The molecule has 0 aliphatic heterocycles. The monoisotopic (exact) mass is 403 g/mol. The fourth-order valence-corrected chi connectivity index (χ4v) is 5.62. The van der Waals surface area contributed by atoms with Crippen molar-refractivity contribution in [3.05, 3.63) is 93.3 Å². The highest BCUT2D eigenvalue weighted by Crippen LogP contribution is 2.45. The third-order valence-corrected chi connectivity index (χ3v) is 7.34. The third-order valence-electron chi connectivity index (χ3n) is 7.34. The largest absolute Gasteiger partial charge is 0.252 e. The van der Waals surface area contributed by atoms with Gasteiger partial charge in [0.2, 0.25) is 5.69 Å². The first-order chi connectivity index (χ1) is 14.9. The van der Waals surface area contributed by atoms with Gasteiger partial charge in [-0.05, 0) is 73.2 Å². The van der Waals surface area contributed by atoms with Crippen molar-refractivity contribution in [2.45, 2.75) is 40.5 Å². The maximum atomic E-state index is 5.24. The minimum atomic E-state index is 0.898. The predicted molar refractivity (Wildman–Crippen MR) is 126 cm³/mol. The molecule has 2 aromatic carbocycles. The van der Waals surface area contributed by atoms with E-state index in [0.29, 0.717) is 0 Å². The molecule has 0 saturated carbocycles. The summed E-state index contributed by atoms with van der Waals surface area (Å²) in [6, 6.07) is 15.9. The van der Waals surface area contributed by atoms with Crippen molar-refractivity contribution >= 4 is 0 Å². The number of rotatable bonds is 1. The maximum Gasteiger partial charge on any atom is 0.216 e. The van der Waals surface area contributed by atoms with Gasteiger partial charge in [0, 0.05) is 41.2 Å². The zero-order chi connectivity index (χ0) is 21.4. The average Bonchev–Trinajstić information content (AvgIpc) is 3.28. The van der Waals surface area contributed by atoms with Crippen molar-refractivity contribution in [2.24, 2.45) is 7.05 Å². The normalized spacial score (nSPS) is 13.1. The molecule has 0 amide bonds. The molecular weight excluding hydrogens is 376 g/mol. The van der Waals surface area contributed by atoms with E-state index in [1.807, 2.05) is 0 Å². The van der Waals surface area contributed by atoms with Crippen LogP contribution >= 0.6 is 0 Å². The van der Waals surface area contributed by atoms with Crippen molar-refractivity contribution in [3.8, 4) is 33.6 Å². The first-order valence-corrected chi connectivity index (χ1v) is 11.1. The first-order valence-electron chi connectivity index (χ1n) is 11.1. The number of pyridine rings is 2. The minimum Gasteiger partial charge on any atom is -0.252 e. The van der Waals surface area contributed by atoms with Gasteiger partial charge in [-0.2, -0.15) is 0 Å². The molecule has 0 N–H and O–H groups in total. The number of hydrogen-bond donors (Lipinski definition) is 0. The summed E-state index contributed by atoms with van der Waals surface area (Å²) in [6.45, 7) is 8.87. The lowest BCUT2D eigenvalue weighted by Gasteiger charge is -2.12. The molecule has 0 bridgehead atoms. The van der Waals surface area contributed by atoms with Crippen LogP contribution in [-0.4, -0.2) is 4.98 Å². The topological polar surface area (TPSA) is 16.8 Å². The van der Waals surface area contributed by atoms with E-state index >= 15 is 0 Å². The Morgan fingerprint density at radius 1 is 0.774 bits per heavy atom. The van der Waals surface area contributed by atoms with E-state index in [4.69, 9.17) is 4.98 Å². The Morgan fingerprint density at radius 2 is 1.61 bits per heavy atom. The summed E-state index contributed by atoms with van der Waals surface area (Å²) < 4.78 is 2.29. The molecule has 0 unspecified atom stereocenters. The summed E-state index contributed by atoms with van der Waals surface area (Å²) in [5.74, 6) is 0. The van der Waals surface area contributed by atoms with E-state index in [-0.39, 0.29) is 0 Å². The molecule has 2 heteroatoms. The van der Waals surface area contributed by atoms with Gasteiger partial charge in [0.15, 0.2) is 6.20 Å². The number of aryl methyl sites for hydroxylation is 4. The van der Waals surface area contributed by atoms with Crippen molar-refractivity contribution in [1.82, 2.24) is 4.98 Å². The molecule has 6 rings (SSSR count). The molecule has 0 saturated heterocycles. The van der Waals surface area contributed by atoms with Crippen LogP contribution in [0, 0.1) is 27.7 Å². The quantitative estimate of drug-likeness (QED) is 0.310. The van der Waals surface area contributed by atoms with Crippen LogP contribution in [0.5, 0.6) is 0 Å². The van der Waals surface area contributed by atoms with E-state index in [2.05, 4.69) is 88.0 Å². The van der Waals surface area contributed by atoms with Crippen LogP contribution in [0.3, 0.4) is 0 Å². The van der Waals surface area contributed by atoms with Gasteiger partial charge in [0.1, 0.15) is 7.05 Å². The Morgan fingerprint density at radius 3 is 2.45 bits per heavy atom. The summed E-state index contributed by atoms with van der Waals surface area (Å²) >= 11 is 0. The summed E-state index contributed by atoms with van der Waals surface area (Å²) in [7, 11) is 2.17. The lowest BCUT2D eigenvalue weighted by molar-refractivity contribution is -0.660. The summed E-state index contributed by atoms with van der Waals surface area (Å²) in [5, 5.41) is 0. The van der Waals surface area contributed by atoms with E-state index in [0.717, 1.165) is 12.8 Å². The highest BCUT2D eigenvalue weighted by atomic mass is 14.9. The molecular formula is C29H27N2+. The Kier molecular flexibility index (Phi) is 3.80. The SMILES string of the molecule is Cc1cc(C)c(C)c(-c2c3c(cc[n+]2C)-c2cc4c(nc2C3)-c2cccc(C)c2C4)c1. The standard InChI is InChI=1S/C29H27N2/c1-16-11-18(3)19(4)24(12-16)29-26-15-27-25(21(26)9-10-31(29)5)14-20-13-23-17(2)7-6-8-22(23)28(20)30-27/h6-12,14H,13,15H2,1-5H3/q+1. The molecule has 2 aliphatic carbocycles. The van der Waals surface area contributed by atoms with Gasteiger partial charge in [-0.1, -0.05) is 29.8 Å². The van der Waals surface area contributed by atoms with Crippen LogP contribution < -0.4 is 4.57 Å². The maximum absolute atomic E-state index is 5.24. The fourth-order valence-electron chi connectivity index (χ4n) is 5.62. The second-order valence-corrected chi connectivity index (χ2v) is 9.37. The molecule has 2 nitrogen and oxygen atoms in total. The molecule has 0 fully saturated rings. The average molecular weight is 404 g/mol. The third kappa shape index (κ3) is 2.57. The molecule has 0 spiro atoms. The molecule has 2 aromatic heterocycles. The first kappa shape index (κ1) is 18.5. The number of fused-ring (bicyclic) bond motifs is 6. The van der Waals surface area contributed by atoms with Crippen molar-refractivity contribution < 1.29 is 4.57 Å².